The first-order valence-electron chi connectivity index (χ1n) is 6.53. The lowest BCUT2D eigenvalue weighted by Crippen LogP contribution is -2.31. The molecule has 0 atom stereocenters. The number of benzene rings is 1. The number of rotatable bonds is 2. The molecular formula is C15H16N4O. The summed E-state index contributed by atoms with van der Waals surface area (Å²) >= 11 is 0. The lowest BCUT2D eigenvalue weighted by atomic mass is 10.00. The van der Waals surface area contributed by atoms with Crippen LogP contribution in [0.15, 0.2) is 47.8 Å². The Morgan fingerprint density at radius 2 is 2.05 bits per heavy atom. The normalized spacial score (nSPS) is 15.0. The molecule has 0 radical (unpaired) electrons. The van der Waals surface area contributed by atoms with Crippen LogP contribution in [0, 0.1) is 0 Å². The summed E-state index contributed by atoms with van der Waals surface area (Å²) < 4.78 is 0. The second-order valence-electron chi connectivity index (χ2n) is 4.83. The third kappa shape index (κ3) is 2.30. The number of pyridine rings is 1. The molecule has 0 unspecified atom stereocenters. The molecule has 2 aromatic rings. The van der Waals surface area contributed by atoms with Crippen molar-refractivity contribution in [2.24, 2.45) is 10.9 Å². The van der Waals surface area contributed by atoms with E-state index in [4.69, 9.17) is 10.9 Å². The predicted octanol–water partition coefficient (Wildman–Crippen LogP) is 1.74. The van der Waals surface area contributed by atoms with Gasteiger partial charge in [-0.05, 0) is 29.7 Å². The van der Waals surface area contributed by atoms with E-state index in [1.807, 2.05) is 6.07 Å². The van der Waals surface area contributed by atoms with E-state index in [0.29, 0.717) is 5.56 Å². The van der Waals surface area contributed by atoms with Crippen LogP contribution >= 0.6 is 0 Å². The molecule has 20 heavy (non-hydrogen) atoms. The van der Waals surface area contributed by atoms with Crippen LogP contribution in [-0.4, -0.2) is 22.6 Å². The van der Waals surface area contributed by atoms with Crippen molar-refractivity contribution >= 4 is 11.7 Å². The zero-order valence-corrected chi connectivity index (χ0v) is 11.0. The largest absolute Gasteiger partial charge is 0.409 e. The van der Waals surface area contributed by atoms with Gasteiger partial charge in [-0.3, -0.25) is 0 Å². The predicted molar refractivity (Wildman–Crippen MR) is 77.9 cm³/mol. The van der Waals surface area contributed by atoms with Gasteiger partial charge in [0.05, 0.1) is 0 Å². The minimum Gasteiger partial charge on any atom is -0.409 e. The highest BCUT2D eigenvalue weighted by Gasteiger charge is 2.17. The van der Waals surface area contributed by atoms with Gasteiger partial charge in [0.2, 0.25) is 0 Å². The van der Waals surface area contributed by atoms with Crippen molar-refractivity contribution in [2.75, 3.05) is 11.4 Å². The monoisotopic (exact) mass is 268 g/mol. The molecule has 0 saturated carbocycles. The summed E-state index contributed by atoms with van der Waals surface area (Å²) in [4.78, 5) is 6.59. The van der Waals surface area contributed by atoms with Gasteiger partial charge in [0, 0.05) is 24.8 Å². The molecule has 0 bridgehead atoms. The minimum absolute atomic E-state index is 0.103. The van der Waals surface area contributed by atoms with Crippen LogP contribution in [-0.2, 0) is 13.0 Å². The molecule has 0 saturated heterocycles. The zero-order chi connectivity index (χ0) is 13.9. The van der Waals surface area contributed by atoms with E-state index in [1.165, 1.54) is 11.1 Å². The van der Waals surface area contributed by atoms with Gasteiger partial charge < -0.3 is 15.8 Å². The molecule has 5 heteroatoms. The second-order valence-corrected chi connectivity index (χ2v) is 4.83. The molecule has 0 aliphatic carbocycles. The van der Waals surface area contributed by atoms with E-state index >= 15 is 0 Å². The maximum Gasteiger partial charge on any atom is 0.170 e. The number of hydrogen-bond donors (Lipinski definition) is 2. The van der Waals surface area contributed by atoms with Gasteiger partial charge >= 0.3 is 0 Å². The average molecular weight is 268 g/mol. The SMILES string of the molecule is N/C(=N\O)c1ccnc(N2CCc3ccccc3C2)c1. The Bertz CT molecular complexity index is 654. The second kappa shape index (κ2) is 5.21. The fourth-order valence-corrected chi connectivity index (χ4v) is 2.50. The highest BCUT2D eigenvalue weighted by Crippen LogP contribution is 2.23. The molecule has 1 aromatic carbocycles. The summed E-state index contributed by atoms with van der Waals surface area (Å²) in [6.45, 7) is 1.76. The van der Waals surface area contributed by atoms with Crippen LogP contribution in [0.4, 0.5) is 5.82 Å². The molecule has 1 aliphatic heterocycles. The number of nitrogens with two attached hydrogens (primary N) is 1. The van der Waals surface area contributed by atoms with E-state index in [2.05, 4.69) is 39.3 Å². The first-order valence-corrected chi connectivity index (χ1v) is 6.53. The van der Waals surface area contributed by atoms with Crippen LogP contribution in [0.3, 0.4) is 0 Å². The van der Waals surface area contributed by atoms with Gasteiger partial charge in [0.1, 0.15) is 5.82 Å². The Morgan fingerprint density at radius 1 is 1.25 bits per heavy atom. The first-order chi connectivity index (χ1) is 9.78. The minimum atomic E-state index is 0.103. The third-order valence-corrected chi connectivity index (χ3v) is 3.60. The van der Waals surface area contributed by atoms with E-state index in [9.17, 15) is 0 Å². The van der Waals surface area contributed by atoms with Gasteiger partial charge in [0.15, 0.2) is 5.84 Å². The molecule has 0 amide bonds. The lowest BCUT2D eigenvalue weighted by molar-refractivity contribution is 0.318. The number of hydrogen-bond acceptors (Lipinski definition) is 4. The Morgan fingerprint density at radius 3 is 2.85 bits per heavy atom. The number of amidine groups is 1. The van der Waals surface area contributed by atoms with Crippen molar-refractivity contribution in [2.45, 2.75) is 13.0 Å². The molecule has 5 nitrogen and oxygen atoms in total. The quantitative estimate of drug-likeness (QED) is 0.376. The van der Waals surface area contributed by atoms with Crippen molar-refractivity contribution < 1.29 is 5.21 Å². The molecule has 2 heterocycles. The summed E-state index contributed by atoms with van der Waals surface area (Å²) in [5.41, 5.74) is 9.03. The summed E-state index contributed by atoms with van der Waals surface area (Å²) in [6, 6.07) is 12.0. The van der Waals surface area contributed by atoms with E-state index in [0.717, 1.165) is 25.3 Å². The summed E-state index contributed by atoms with van der Waals surface area (Å²) in [5.74, 6) is 0.953. The van der Waals surface area contributed by atoms with Gasteiger partial charge in [0.25, 0.3) is 0 Å². The van der Waals surface area contributed by atoms with Gasteiger partial charge in [-0.25, -0.2) is 4.98 Å². The molecule has 1 aliphatic rings. The zero-order valence-electron chi connectivity index (χ0n) is 11.0. The fraction of sp³-hybridized carbons (Fsp3) is 0.200. The first kappa shape index (κ1) is 12.5. The van der Waals surface area contributed by atoms with Gasteiger partial charge in [-0.2, -0.15) is 0 Å². The van der Waals surface area contributed by atoms with Crippen molar-refractivity contribution in [1.82, 2.24) is 4.98 Å². The Balaban J connectivity index is 1.88. The van der Waals surface area contributed by atoms with Crippen LogP contribution < -0.4 is 10.6 Å². The lowest BCUT2D eigenvalue weighted by Gasteiger charge is -2.29. The van der Waals surface area contributed by atoms with Gasteiger partial charge in [-0.1, -0.05) is 29.4 Å². The van der Waals surface area contributed by atoms with Crippen LogP contribution in [0.1, 0.15) is 16.7 Å². The maximum absolute atomic E-state index is 8.75. The van der Waals surface area contributed by atoms with Crippen molar-refractivity contribution in [3.05, 3.63) is 59.3 Å². The standard InChI is InChI=1S/C15H16N4O/c16-15(18-20)12-5-7-17-14(9-12)19-8-6-11-3-1-2-4-13(11)10-19/h1-5,7,9,20H,6,8,10H2,(H2,16,18). The van der Waals surface area contributed by atoms with Crippen molar-refractivity contribution in [3.63, 3.8) is 0 Å². The maximum atomic E-state index is 8.75. The highest BCUT2D eigenvalue weighted by atomic mass is 16.4. The Hall–Kier alpha value is -2.56. The van der Waals surface area contributed by atoms with E-state index in [1.54, 1.807) is 12.3 Å². The molecule has 102 valence electrons. The molecule has 0 fully saturated rings. The molecular weight excluding hydrogens is 252 g/mol. The summed E-state index contributed by atoms with van der Waals surface area (Å²) in [5, 5.41) is 11.8. The summed E-state index contributed by atoms with van der Waals surface area (Å²) in [7, 11) is 0. The number of oxime groups is 1. The Kier molecular flexibility index (Phi) is 3.25. The Labute approximate surface area is 117 Å². The van der Waals surface area contributed by atoms with Crippen molar-refractivity contribution in [3.8, 4) is 0 Å². The topological polar surface area (TPSA) is 74.7 Å². The molecule has 3 rings (SSSR count). The summed E-state index contributed by atoms with van der Waals surface area (Å²) in [6.07, 6.45) is 2.69. The number of fused-ring (bicyclic) bond motifs is 1. The van der Waals surface area contributed by atoms with Crippen LogP contribution in [0.25, 0.3) is 0 Å². The average Bonchev–Trinajstić information content (AvgIpc) is 2.53. The van der Waals surface area contributed by atoms with E-state index < -0.39 is 0 Å². The fourth-order valence-electron chi connectivity index (χ4n) is 2.50. The number of anilines is 1. The smallest absolute Gasteiger partial charge is 0.170 e. The highest BCUT2D eigenvalue weighted by molar-refractivity contribution is 5.97. The molecule has 0 spiro atoms. The number of aromatic nitrogens is 1. The molecule has 1 aromatic heterocycles. The van der Waals surface area contributed by atoms with Crippen LogP contribution in [0.5, 0.6) is 0 Å². The van der Waals surface area contributed by atoms with E-state index in [-0.39, 0.29) is 5.84 Å². The van der Waals surface area contributed by atoms with Crippen LogP contribution in [0.2, 0.25) is 0 Å². The van der Waals surface area contributed by atoms with Crippen molar-refractivity contribution in [1.29, 1.82) is 0 Å². The van der Waals surface area contributed by atoms with Gasteiger partial charge in [-0.15, -0.1) is 0 Å². The molecule has 3 N–H and O–H groups in total. The number of nitrogens with zero attached hydrogens (tertiary/aromatic N) is 3. The third-order valence-electron chi connectivity index (χ3n) is 3.60.